The third kappa shape index (κ3) is 3.59. The Labute approximate surface area is 99.9 Å². The lowest BCUT2D eigenvalue weighted by atomic mass is 10.0. The number of likely N-dealkylation sites (tertiary alicyclic amines) is 1. The second kappa shape index (κ2) is 5.35. The minimum absolute atomic E-state index is 0.0549. The van der Waals surface area contributed by atoms with E-state index in [9.17, 15) is 9.59 Å². The molecular formula is C11H18N2O4. The van der Waals surface area contributed by atoms with E-state index in [0.29, 0.717) is 12.5 Å². The van der Waals surface area contributed by atoms with Gasteiger partial charge in [-0.1, -0.05) is 0 Å². The van der Waals surface area contributed by atoms with Gasteiger partial charge in [-0.05, 0) is 25.3 Å². The molecule has 0 aromatic carbocycles. The summed E-state index contributed by atoms with van der Waals surface area (Å²) < 4.78 is 5.07. The number of alkyl carbamates (subject to hydrolysis) is 1. The number of carboxylic acid groups (broad SMARTS) is 1. The van der Waals surface area contributed by atoms with Crippen LogP contribution in [0, 0.1) is 5.92 Å². The van der Waals surface area contributed by atoms with Crippen molar-refractivity contribution < 1.29 is 19.4 Å². The number of carboxylic acids is 1. The lowest BCUT2D eigenvalue weighted by molar-refractivity contribution is -0.137. The summed E-state index contributed by atoms with van der Waals surface area (Å²) in [6.07, 6.45) is 1.64. The molecule has 0 radical (unpaired) electrons. The molecule has 2 aliphatic rings. The molecule has 0 aromatic rings. The zero-order valence-electron chi connectivity index (χ0n) is 9.72. The van der Waals surface area contributed by atoms with E-state index >= 15 is 0 Å². The van der Waals surface area contributed by atoms with Crippen molar-refractivity contribution in [2.24, 2.45) is 5.92 Å². The van der Waals surface area contributed by atoms with Crippen molar-refractivity contribution in [1.29, 1.82) is 0 Å². The molecule has 6 heteroatoms. The summed E-state index contributed by atoms with van der Waals surface area (Å²) in [4.78, 5) is 23.6. The second-order valence-corrected chi connectivity index (χ2v) is 4.75. The molecule has 2 N–H and O–H groups in total. The summed E-state index contributed by atoms with van der Waals surface area (Å²) in [5.74, 6) is -0.256. The molecule has 2 rings (SSSR count). The number of nitrogens with zero attached hydrogens (tertiary/aromatic N) is 1. The van der Waals surface area contributed by atoms with Gasteiger partial charge in [-0.3, -0.25) is 9.69 Å². The molecule has 0 saturated carbocycles. The van der Waals surface area contributed by atoms with Gasteiger partial charge in [-0.15, -0.1) is 0 Å². The summed E-state index contributed by atoms with van der Waals surface area (Å²) in [7, 11) is 0. The molecule has 6 nitrogen and oxygen atoms in total. The second-order valence-electron chi connectivity index (χ2n) is 4.75. The highest BCUT2D eigenvalue weighted by molar-refractivity contribution is 5.69. The Hall–Kier alpha value is -1.30. The quantitative estimate of drug-likeness (QED) is 0.724. The molecule has 2 atom stereocenters. The number of rotatable bonds is 5. The smallest absolute Gasteiger partial charge is 0.407 e. The lowest BCUT2D eigenvalue weighted by Crippen LogP contribution is -2.32. The first-order valence-corrected chi connectivity index (χ1v) is 6.02. The summed E-state index contributed by atoms with van der Waals surface area (Å²) >= 11 is 0. The molecule has 0 aliphatic carbocycles. The minimum Gasteiger partial charge on any atom is -0.481 e. The van der Waals surface area contributed by atoms with Gasteiger partial charge in [0.05, 0.1) is 6.54 Å². The predicted octanol–water partition coefficient (Wildman–Crippen LogP) is 0.282. The van der Waals surface area contributed by atoms with Gasteiger partial charge in [0.1, 0.15) is 6.10 Å². The van der Waals surface area contributed by atoms with E-state index in [2.05, 4.69) is 10.2 Å². The number of cyclic esters (lactones) is 1. The Balaban J connectivity index is 1.67. The highest BCUT2D eigenvalue weighted by Crippen LogP contribution is 2.21. The molecule has 0 bridgehead atoms. The first-order chi connectivity index (χ1) is 8.13. The van der Waals surface area contributed by atoms with Crippen molar-refractivity contribution in [1.82, 2.24) is 10.2 Å². The average molecular weight is 242 g/mol. The van der Waals surface area contributed by atoms with E-state index < -0.39 is 5.97 Å². The third-order valence-electron chi connectivity index (χ3n) is 3.35. The van der Waals surface area contributed by atoms with Crippen molar-refractivity contribution in [2.75, 3.05) is 26.2 Å². The van der Waals surface area contributed by atoms with Crippen LogP contribution in [0.3, 0.4) is 0 Å². The van der Waals surface area contributed by atoms with Crippen LogP contribution in [0.4, 0.5) is 4.79 Å². The molecule has 2 heterocycles. The third-order valence-corrected chi connectivity index (χ3v) is 3.35. The van der Waals surface area contributed by atoms with Gasteiger partial charge in [0.25, 0.3) is 0 Å². The molecule has 2 unspecified atom stereocenters. The summed E-state index contributed by atoms with van der Waals surface area (Å²) in [5, 5.41) is 11.2. The topological polar surface area (TPSA) is 78.9 Å². The number of ether oxygens (including phenoxy) is 1. The monoisotopic (exact) mass is 242 g/mol. The van der Waals surface area contributed by atoms with Crippen LogP contribution in [-0.4, -0.2) is 54.4 Å². The number of hydrogen-bond donors (Lipinski definition) is 2. The van der Waals surface area contributed by atoms with Gasteiger partial charge in [0.15, 0.2) is 0 Å². The number of aliphatic carboxylic acids is 1. The number of carbonyl (C=O) groups excluding carboxylic acids is 1. The molecule has 0 aromatic heterocycles. The highest BCUT2D eigenvalue weighted by Gasteiger charge is 2.29. The van der Waals surface area contributed by atoms with Gasteiger partial charge in [-0.2, -0.15) is 0 Å². The van der Waals surface area contributed by atoms with E-state index in [4.69, 9.17) is 9.84 Å². The number of hydrogen-bond acceptors (Lipinski definition) is 4. The van der Waals surface area contributed by atoms with Gasteiger partial charge in [-0.25, -0.2) is 4.79 Å². The van der Waals surface area contributed by atoms with E-state index in [0.717, 1.165) is 32.5 Å². The molecule has 2 aliphatic heterocycles. The first-order valence-electron chi connectivity index (χ1n) is 6.02. The van der Waals surface area contributed by atoms with Gasteiger partial charge in [0, 0.05) is 19.5 Å². The standard InChI is InChI=1S/C11H18N2O4/c14-10(15)2-1-8-3-4-13(6-8)7-9-5-12-11(16)17-9/h8-9H,1-7H2,(H,12,16)(H,14,15). The van der Waals surface area contributed by atoms with Crippen LogP contribution in [0.1, 0.15) is 19.3 Å². The number of carbonyl (C=O) groups is 2. The Morgan fingerprint density at radius 3 is 3.06 bits per heavy atom. The summed E-state index contributed by atoms with van der Waals surface area (Å²) in [5.41, 5.74) is 0. The van der Waals surface area contributed by atoms with Crippen molar-refractivity contribution in [3.05, 3.63) is 0 Å². The zero-order chi connectivity index (χ0) is 12.3. The highest BCUT2D eigenvalue weighted by atomic mass is 16.6. The van der Waals surface area contributed by atoms with E-state index in [1.165, 1.54) is 0 Å². The zero-order valence-corrected chi connectivity index (χ0v) is 9.72. The molecule has 1 amide bonds. The molecular weight excluding hydrogens is 224 g/mol. The summed E-state index contributed by atoms with van der Waals surface area (Å²) in [6, 6.07) is 0. The van der Waals surface area contributed by atoms with Gasteiger partial charge in [0.2, 0.25) is 0 Å². The number of nitrogens with one attached hydrogen (secondary N) is 1. The molecule has 2 fully saturated rings. The fraction of sp³-hybridized carbons (Fsp3) is 0.818. The molecule has 0 spiro atoms. The maximum atomic E-state index is 10.9. The molecule has 96 valence electrons. The molecule has 17 heavy (non-hydrogen) atoms. The SMILES string of the molecule is O=C(O)CCC1CCN(CC2CNC(=O)O2)C1. The van der Waals surface area contributed by atoms with Crippen LogP contribution in [-0.2, 0) is 9.53 Å². The van der Waals surface area contributed by atoms with Crippen LogP contribution in [0.2, 0.25) is 0 Å². The maximum Gasteiger partial charge on any atom is 0.407 e. The molecule has 2 saturated heterocycles. The normalized spacial score (nSPS) is 29.1. The Bertz CT molecular complexity index is 308. The van der Waals surface area contributed by atoms with Crippen molar-refractivity contribution in [3.8, 4) is 0 Å². The Morgan fingerprint density at radius 2 is 2.41 bits per heavy atom. The van der Waals surface area contributed by atoms with E-state index in [-0.39, 0.29) is 18.6 Å². The predicted molar refractivity (Wildman–Crippen MR) is 59.7 cm³/mol. The largest absolute Gasteiger partial charge is 0.481 e. The van der Waals surface area contributed by atoms with Crippen molar-refractivity contribution >= 4 is 12.1 Å². The van der Waals surface area contributed by atoms with Crippen molar-refractivity contribution in [2.45, 2.75) is 25.4 Å². The van der Waals surface area contributed by atoms with Crippen LogP contribution in [0.25, 0.3) is 0 Å². The van der Waals surface area contributed by atoms with E-state index in [1.54, 1.807) is 0 Å². The van der Waals surface area contributed by atoms with Crippen LogP contribution >= 0.6 is 0 Å². The Kier molecular flexibility index (Phi) is 3.83. The number of amides is 1. The summed E-state index contributed by atoms with van der Waals surface area (Å²) in [6.45, 7) is 3.22. The lowest BCUT2D eigenvalue weighted by Gasteiger charge is -2.18. The minimum atomic E-state index is -0.725. The van der Waals surface area contributed by atoms with Gasteiger partial charge < -0.3 is 15.2 Å². The average Bonchev–Trinajstić information content (AvgIpc) is 2.86. The van der Waals surface area contributed by atoms with Crippen LogP contribution in [0.15, 0.2) is 0 Å². The fourth-order valence-corrected chi connectivity index (χ4v) is 2.46. The van der Waals surface area contributed by atoms with Crippen LogP contribution < -0.4 is 5.32 Å². The van der Waals surface area contributed by atoms with Gasteiger partial charge >= 0.3 is 12.1 Å². The van der Waals surface area contributed by atoms with Crippen molar-refractivity contribution in [3.63, 3.8) is 0 Å². The van der Waals surface area contributed by atoms with Crippen LogP contribution in [0.5, 0.6) is 0 Å². The maximum absolute atomic E-state index is 10.9. The fourth-order valence-electron chi connectivity index (χ4n) is 2.46. The van der Waals surface area contributed by atoms with E-state index in [1.807, 2.05) is 0 Å². The first kappa shape index (κ1) is 12.2. The Morgan fingerprint density at radius 1 is 1.59 bits per heavy atom.